The molecule has 1 saturated heterocycles. The van der Waals surface area contributed by atoms with E-state index < -0.39 is 34.5 Å². The molecule has 0 aliphatic carbocycles. The van der Waals surface area contributed by atoms with Crippen LogP contribution in [0.3, 0.4) is 0 Å². The van der Waals surface area contributed by atoms with Crippen molar-refractivity contribution >= 4 is 52.6 Å². The van der Waals surface area contributed by atoms with Crippen molar-refractivity contribution in [3.63, 3.8) is 0 Å². The van der Waals surface area contributed by atoms with E-state index in [2.05, 4.69) is 58.3 Å². The minimum absolute atomic E-state index is 0.00678. The first-order valence-electron chi connectivity index (χ1n) is 14.8. The van der Waals surface area contributed by atoms with Crippen LogP contribution in [0.1, 0.15) is 58.1 Å². The average Bonchev–Trinajstić information content (AvgIpc) is 2.99. The lowest BCUT2D eigenvalue weighted by molar-refractivity contribution is -0.152. The molecule has 43 heavy (non-hydrogen) atoms. The highest BCUT2D eigenvalue weighted by Crippen LogP contribution is 2.26. The predicted molar refractivity (Wildman–Crippen MR) is 171 cm³/mol. The second-order valence-electron chi connectivity index (χ2n) is 11.2. The fourth-order valence-corrected chi connectivity index (χ4v) is 5.01. The highest BCUT2D eigenvalue weighted by molar-refractivity contribution is 6.67. The number of benzene rings is 1. The first-order chi connectivity index (χ1) is 20.4. The summed E-state index contributed by atoms with van der Waals surface area (Å²) >= 11 is 17.0. The number of hydrogen-bond acceptors (Lipinski definition) is 7. The minimum atomic E-state index is -1.72. The largest absolute Gasteiger partial charge is 0.460 e. The number of hydrogen-bond donors (Lipinski definition) is 3. The SMILES string of the molecule is CCc1cccc(-c2ccc(CCCNC(C(=O)NC(C)C(=O)N3CCCC(C(=O)OCC(Cl)(Cl)Cl)N3)C(C)C)cn2)c1. The zero-order valence-electron chi connectivity index (χ0n) is 25.2. The van der Waals surface area contributed by atoms with Crippen LogP contribution >= 0.6 is 34.8 Å². The van der Waals surface area contributed by atoms with Crippen molar-refractivity contribution in [1.82, 2.24) is 26.1 Å². The summed E-state index contributed by atoms with van der Waals surface area (Å²) in [7, 11) is 0. The molecule has 3 N–H and O–H groups in total. The van der Waals surface area contributed by atoms with Crippen LogP contribution in [0.15, 0.2) is 42.6 Å². The number of carbonyl (C=O) groups is 3. The van der Waals surface area contributed by atoms with Gasteiger partial charge in [-0.15, -0.1) is 0 Å². The molecule has 9 nitrogen and oxygen atoms in total. The smallest absolute Gasteiger partial charge is 0.325 e. The van der Waals surface area contributed by atoms with E-state index in [0.29, 0.717) is 25.9 Å². The van der Waals surface area contributed by atoms with Crippen LogP contribution < -0.4 is 16.1 Å². The Morgan fingerprint density at radius 2 is 1.91 bits per heavy atom. The van der Waals surface area contributed by atoms with Crippen molar-refractivity contribution in [2.75, 3.05) is 19.7 Å². The minimum Gasteiger partial charge on any atom is -0.460 e. The Bertz CT molecular complexity index is 1220. The van der Waals surface area contributed by atoms with E-state index >= 15 is 0 Å². The predicted octanol–water partition coefficient (Wildman–Crippen LogP) is 4.77. The Morgan fingerprint density at radius 1 is 1.14 bits per heavy atom. The number of ether oxygens (including phenoxy) is 1. The number of rotatable bonds is 13. The Hall–Kier alpha value is -2.43. The van der Waals surface area contributed by atoms with E-state index in [1.165, 1.54) is 10.6 Å². The summed E-state index contributed by atoms with van der Waals surface area (Å²) in [6, 6.07) is 10.5. The molecule has 0 bridgehead atoms. The molecule has 2 aromatic rings. The summed E-state index contributed by atoms with van der Waals surface area (Å²) in [6.45, 7) is 8.30. The maximum atomic E-state index is 13.1. The molecule has 1 aromatic heterocycles. The maximum absolute atomic E-state index is 13.1. The Kier molecular flexibility index (Phi) is 13.5. The number of aryl methyl sites for hydroxylation is 2. The number of hydrazine groups is 1. The molecule has 236 valence electrons. The van der Waals surface area contributed by atoms with Gasteiger partial charge in [0.2, 0.25) is 9.70 Å². The summed E-state index contributed by atoms with van der Waals surface area (Å²) in [6.07, 6.45) is 5.59. The molecule has 2 amide bonds. The number of pyridine rings is 1. The first kappa shape index (κ1) is 35.1. The average molecular weight is 655 g/mol. The van der Waals surface area contributed by atoms with Gasteiger partial charge < -0.3 is 15.4 Å². The molecule has 3 unspecified atom stereocenters. The lowest BCUT2D eigenvalue weighted by atomic mass is 10.0. The van der Waals surface area contributed by atoms with Crippen LogP contribution in [-0.2, 0) is 32.0 Å². The Balaban J connectivity index is 1.45. The maximum Gasteiger partial charge on any atom is 0.325 e. The third kappa shape index (κ3) is 11.2. The van der Waals surface area contributed by atoms with Gasteiger partial charge in [0.15, 0.2) is 0 Å². The molecule has 12 heteroatoms. The van der Waals surface area contributed by atoms with Gasteiger partial charge in [0.1, 0.15) is 18.7 Å². The van der Waals surface area contributed by atoms with Gasteiger partial charge in [-0.25, -0.2) is 5.43 Å². The van der Waals surface area contributed by atoms with Gasteiger partial charge in [0.25, 0.3) is 5.91 Å². The Labute approximate surface area is 269 Å². The highest BCUT2D eigenvalue weighted by atomic mass is 35.6. The van der Waals surface area contributed by atoms with Crippen molar-refractivity contribution in [3.05, 3.63) is 53.7 Å². The summed E-state index contributed by atoms with van der Waals surface area (Å²) in [5.41, 5.74) is 7.36. The standard InChI is InChI=1S/C31H42Cl3N5O4/c1-5-22-9-6-11-24(17-22)25-14-13-23(18-36-25)10-7-15-35-27(20(2)3)28(40)37-21(4)29(41)39-16-8-12-26(38-39)30(42)43-19-31(32,33)34/h6,9,11,13-14,17-18,20-21,26-27,35,38H,5,7-8,10,12,15-16,19H2,1-4H3,(H,37,40). The molecular weight excluding hydrogens is 613 g/mol. The van der Waals surface area contributed by atoms with Crippen LogP contribution in [0.5, 0.6) is 0 Å². The number of amides is 2. The van der Waals surface area contributed by atoms with Crippen molar-refractivity contribution in [1.29, 1.82) is 0 Å². The zero-order chi connectivity index (χ0) is 31.6. The van der Waals surface area contributed by atoms with Crippen LogP contribution in [0.4, 0.5) is 0 Å². The van der Waals surface area contributed by atoms with Gasteiger partial charge in [-0.3, -0.25) is 24.4 Å². The van der Waals surface area contributed by atoms with Gasteiger partial charge >= 0.3 is 5.97 Å². The van der Waals surface area contributed by atoms with Gasteiger partial charge in [0, 0.05) is 18.3 Å². The first-order valence-corrected chi connectivity index (χ1v) is 15.9. The fraction of sp³-hybridized carbons (Fsp3) is 0.548. The van der Waals surface area contributed by atoms with Crippen molar-refractivity contribution in [2.24, 2.45) is 5.92 Å². The van der Waals surface area contributed by atoms with Gasteiger partial charge in [-0.2, -0.15) is 0 Å². The number of carbonyl (C=O) groups excluding carboxylic acids is 3. The molecular formula is C31H42Cl3N5O4. The Morgan fingerprint density at radius 3 is 2.56 bits per heavy atom. The summed E-state index contributed by atoms with van der Waals surface area (Å²) < 4.78 is 3.33. The molecule has 0 radical (unpaired) electrons. The van der Waals surface area contributed by atoms with Crippen molar-refractivity contribution in [3.8, 4) is 11.3 Å². The van der Waals surface area contributed by atoms with Crippen molar-refractivity contribution < 1.29 is 19.1 Å². The normalized spacial score (nSPS) is 16.9. The lowest BCUT2D eigenvalue weighted by Crippen LogP contribution is -2.60. The van der Waals surface area contributed by atoms with E-state index in [4.69, 9.17) is 39.5 Å². The summed E-state index contributed by atoms with van der Waals surface area (Å²) in [5, 5.41) is 7.51. The number of alkyl halides is 3. The lowest BCUT2D eigenvalue weighted by Gasteiger charge is -2.34. The van der Waals surface area contributed by atoms with E-state index in [0.717, 1.165) is 36.1 Å². The molecule has 1 aliphatic rings. The number of nitrogens with one attached hydrogen (secondary N) is 3. The molecule has 1 fully saturated rings. The topological polar surface area (TPSA) is 113 Å². The third-order valence-electron chi connectivity index (χ3n) is 7.26. The van der Waals surface area contributed by atoms with Crippen LogP contribution in [-0.4, -0.2) is 69.4 Å². The molecule has 0 saturated carbocycles. The number of aromatic nitrogens is 1. The molecule has 0 spiro atoms. The molecule has 2 heterocycles. The van der Waals surface area contributed by atoms with Crippen molar-refractivity contribution in [2.45, 2.75) is 81.7 Å². The number of esters is 1. The monoisotopic (exact) mass is 653 g/mol. The fourth-order valence-electron chi connectivity index (χ4n) is 4.84. The molecule has 3 atom stereocenters. The number of halogens is 3. The van der Waals surface area contributed by atoms with Gasteiger partial charge in [0.05, 0.1) is 11.7 Å². The van der Waals surface area contributed by atoms with Crippen LogP contribution in [0.25, 0.3) is 11.3 Å². The summed E-state index contributed by atoms with van der Waals surface area (Å²) in [4.78, 5) is 43.2. The molecule has 1 aromatic carbocycles. The van der Waals surface area contributed by atoms with Crippen LogP contribution in [0.2, 0.25) is 0 Å². The highest BCUT2D eigenvalue weighted by Gasteiger charge is 2.33. The quantitative estimate of drug-likeness (QED) is 0.162. The molecule has 1 aliphatic heterocycles. The summed E-state index contributed by atoms with van der Waals surface area (Å²) in [5.74, 6) is -1.22. The second kappa shape index (κ2) is 16.6. The second-order valence-corrected chi connectivity index (χ2v) is 13.7. The van der Waals surface area contributed by atoms with Gasteiger partial charge in [-0.05, 0) is 74.8 Å². The van der Waals surface area contributed by atoms with E-state index in [1.54, 1.807) is 6.92 Å². The van der Waals surface area contributed by atoms with E-state index in [1.807, 2.05) is 26.1 Å². The van der Waals surface area contributed by atoms with Gasteiger partial charge in [-0.1, -0.05) is 79.8 Å². The number of nitrogens with zero attached hydrogens (tertiary/aromatic N) is 2. The molecule has 3 rings (SSSR count). The third-order valence-corrected chi connectivity index (χ3v) is 7.58. The van der Waals surface area contributed by atoms with E-state index in [-0.39, 0.29) is 17.7 Å². The van der Waals surface area contributed by atoms with Crippen LogP contribution in [0, 0.1) is 5.92 Å². The zero-order valence-corrected chi connectivity index (χ0v) is 27.4. The van der Waals surface area contributed by atoms with E-state index in [9.17, 15) is 14.4 Å².